The summed E-state index contributed by atoms with van der Waals surface area (Å²) < 4.78 is 3.89. The summed E-state index contributed by atoms with van der Waals surface area (Å²) in [5, 5.41) is 4.52. The molecule has 2 aromatic rings. The third kappa shape index (κ3) is 2.44. The van der Waals surface area contributed by atoms with Gasteiger partial charge in [0.25, 0.3) is 0 Å². The van der Waals surface area contributed by atoms with Crippen LogP contribution in [0.3, 0.4) is 0 Å². The molecule has 0 unspecified atom stereocenters. The van der Waals surface area contributed by atoms with Gasteiger partial charge in [-0.3, -0.25) is 4.79 Å². The van der Waals surface area contributed by atoms with Crippen LogP contribution in [0, 0.1) is 0 Å². The number of hydrogen-bond acceptors (Lipinski definition) is 4. The van der Waals surface area contributed by atoms with Crippen LogP contribution in [0.25, 0.3) is 0 Å². The Morgan fingerprint density at radius 3 is 2.56 bits per heavy atom. The first-order valence-electron chi connectivity index (χ1n) is 5.53. The lowest BCUT2D eigenvalue weighted by Gasteiger charge is -2.16. The summed E-state index contributed by atoms with van der Waals surface area (Å²) in [6.07, 6.45) is 0. The molecule has 1 aromatic heterocycles. The lowest BCUT2D eigenvalue weighted by Crippen LogP contribution is -2.16. The zero-order chi connectivity index (χ0) is 13.3. The molecule has 0 N–H and O–H groups in total. The Labute approximate surface area is 115 Å². The summed E-state index contributed by atoms with van der Waals surface area (Å²) in [5.74, 6) is -0.111. The van der Waals surface area contributed by atoms with Gasteiger partial charge < -0.3 is 0 Å². The van der Waals surface area contributed by atoms with E-state index >= 15 is 0 Å². The van der Waals surface area contributed by atoms with Crippen LogP contribution >= 0.6 is 23.1 Å². The van der Waals surface area contributed by atoms with E-state index in [9.17, 15) is 4.79 Å². The molecule has 94 valence electrons. The molecule has 0 aliphatic carbocycles. The first-order valence-corrected chi connectivity index (χ1v) is 6.68. The van der Waals surface area contributed by atoms with Crippen molar-refractivity contribution in [3.05, 3.63) is 45.4 Å². The summed E-state index contributed by atoms with van der Waals surface area (Å²) in [6.45, 7) is 6.02. The number of nitrogens with zero attached hydrogens (tertiary/aromatic N) is 2. The highest BCUT2D eigenvalue weighted by atomic mass is 35.5. The molecule has 3 nitrogen and oxygen atoms in total. The van der Waals surface area contributed by atoms with Crippen molar-refractivity contribution in [3.63, 3.8) is 0 Å². The predicted molar refractivity (Wildman–Crippen MR) is 73.5 cm³/mol. The van der Waals surface area contributed by atoms with Crippen LogP contribution in [0.15, 0.2) is 24.3 Å². The molecular formula is C13H13ClN2OS. The minimum absolute atomic E-state index is 0.111. The Hall–Kier alpha value is -1.26. The zero-order valence-corrected chi connectivity index (χ0v) is 12.0. The number of carbonyl (C=O) groups excluding carboxylic acids is 1. The van der Waals surface area contributed by atoms with Crippen LogP contribution < -0.4 is 0 Å². The molecule has 5 heteroatoms. The third-order valence-electron chi connectivity index (χ3n) is 2.52. The summed E-state index contributed by atoms with van der Waals surface area (Å²) >= 11 is 7.16. The van der Waals surface area contributed by atoms with Crippen molar-refractivity contribution >= 4 is 28.9 Å². The quantitative estimate of drug-likeness (QED) is 0.788. The van der Waals surface area contributed by atoms with Crippen LogP contribution in [-0.2, 0) is 5.41 Å². The van der Waals surface area contributed by atoms with Gasteiger partial charge in [0, 0.05) is 11.0 Å². The molecule has 0 spiro atoms. The topological polar surface area (TPSA) is 42.9 Å². The average molecular weight is 281 g/mol. The minimum Gasteiger partial charge on any atom is -0.288 e. The van der Waals surface area contributed by atoms with E-state index in [1.807, 2.05) is 20.8 Å². The van der Waals surface area contributed by atoms with Crippen LogP contribution in [0.1, 0.15) is 41.7 Å². The Balaban J connectivity index is 2.48. The molecule has 0 aliphatic heterocycles. The van der Waals surface area contributed by atoms with E-state index in [0.29, 0.717) is 15.5 Å². The van der Waals surface area contributed by atoms with E-state index < -0.39 is 0 Å². The van der Waals surface area contributed by atoms with Crippen LogP contribution in [0.5, 0.6) is 0 Å². The van der Waals surface area contributed by atoms with Crippen molar-refractivity contribution in [1.82, 2.24) is 9.59 Å². The number of benzene rings is 1. The van der Waals surface area contributed by atoms with Crippen molar-refractivity contribution in [2.24, 2.45) is 0 Å². The molecule has 0 bridgehead atoms. The molecule has 1 heterocycles. The molecule has 0 fully saturated rings. The van der Waals surface area contributed by atoms with Crippen molar-refractivity contribution in [1.29, 1.82) is 0 Å². The van der Waals surface area contributed by atoms with Crippen LogP contribution in [0.2, 0.25) is 5.02 Å². The fourth-order valence-corrected chi connectivity index (χ4v) is 2.65. The van der Waals surface area contributed by atoms with Crippen molar-refractivity contribution < 1.29 is 4.79 Å². The Bertz CT molecular complexity index is 587. The highest BCUT2D eigenvalue weighted by molar-refractivity contribution is 7.08. The van der Waals surface area contributed by atoms with Gasteiger partial charge in [-0.1, -0.05) is 49.0 Å². The smallest absolute Gasteiger partial charge is 0.208 e. The maximum Gasteiger partial charge on any atom is 0.208 e. The molecule has 0 amide bonds. The van der Waals surface area contributed by atoms with Crippen molar-refractivity contribution in [2.45, 2.75) is 26.2 Å². The molecule has 2 rings (SSSR count). The fraction of sp³-hybridized carbons (Fsp3) is 0.308. The normalized spacial score (nSPS) is 11.6. The molecule has 0 saturated heterocycles. The van der Waals surface area contributed by atoms with E-state index in [1.54, 1.807) is 24.3 Å². The molecule has 0 atom stereocenters. The fourth-order valence-electron chi connectivity index (χ4n) is 1.60. The second-order valence-corrected chi connectivity index (χ2v) is 6.17. The van der Waals surface area contributed by atoms with Crippen LogP contribution in [-0.4, -0.2) is 15.4 Å². The molecule has 18 heavy (non-hydrogen) atoms. The standard InChI is InChI=1S/C13H13ClN2OS/c1-13(2,3)12-11(18-16-15-12)10(17)8-6-4-5-7-9(8)14/h4-7H,1-3H3. The van der Waals surface area contributed by atoms with Gasteiger partial charge in [0.1, 0.15) is 4.88 Å². The second kappa shape index (κ2) is 4.78. The Morgan fingerprint density at radius 1 is 1.28 bits per heavy atom. The second-order valence-electron chi connectivity index (χ2n) is 5.01. The van der Waals surface area contributed by atoms with Gasteiger partial charge >= 0.3 is 0 Å². The van der Waals surface area contributed by atoms with Gasteiger partial charge in [0.15, 0.2) is 0 Å². The molecule has 1 aromatic carbocycles. The SMILES string of the molecule is CC(C)(C)c1nnsc1C(=O)c1ccccc1Cl. The third-order valence-corrected chi connectivity index (χ3v) is 3.58. The maximum atomic E-state index is 12.4. The van der Waals surface area contributed by atoms with Gasteiger partial charge in [-0.2, -0.15) is 0 Å². The van der Waals surface area contributed by atoms with Crippen LogP contribution in [0.4, 0.5) is 0 Å². The van der Waals surface area contributed by atoms with Gasteiger partial charge in [-0.15, -0.1) is 5.10 Å². The first-order chi connectivity index (χ1) is 8.41. The van der Waals surface area contributed by atoms with E-state index in [2.05, 4.69) is 9.59 Å². The monoisotopic (exact) mass is 280 g/mol. The molecule has 0 radical (unpaired) electrons. The number of hydrogen-bond donors (Lipinski definition) is 0. The zero-order valence-electron chi connectivity index (χ0n) is 10.4. The lowest BCUT2D eigenvalue weighted by atomic mass is 9.90. The molecule has 0 aliphatic rings. The van der Waals surface area contributed by atoms with Gasteiger partial charge in [0.05, 0.1) is 10.7 Å². The van der Waals surface area contributed by atoms with Gasteiger partial charge in [-0.05, 0) is 23.7 Å². The number of rotatable bonds is 2. The molecule has 0 saturated carbocycles. The highest BCUT2D eigenvalue weighted by Crippen LogP contribution is 2.29. The summed E-state index contributed by atoms with van der Waals surface area (Å²) in [6, 6.07) is 7.02. The van der Waals surface area contributed by atoms with E-state index in [0.717, 1.165) is 17.2 Å². The number of ketones is 1. The minimum atomic E-state index is -0.209. The number of carbonyl (C=O) groups is 1. The van der Waals surface area contributed by atoms with E-state index in [4.69, 9.17) is 11.6 Å². The molecular weight excluding hydrogens is 268 g/mol. The van der Waals surface area contributed by atoms with Crippen molar-refractivity contribution in [2.75, 3.05) is 0 Å². The lowest BCUT2D eigenvalue weighted by molar-refractivity contribution is 0.104. The number of halogens is 1. The summed E-state index contributed by atoms with van der Waals surface area (Å²) in [5.41, 5.74) is 1.01. The highest BCUT2D eigenvalue weighted by Gasteiger charge is 2.27. The van der Waals surface area contributed by atoms with E-state index in [1.165, 1.54) is 0 Å². The first kappa shape index (κ1) is 13.2. The Kier molecular flexibility index (Phi) is 3.50. The Morgan fingerprint density at radius 2 is 1.94 bits per heavy atom. The maximum absolute atomic E-state index is 12.4. The van der Waals surface area contributed by atoms with E-state index in [-0.39, 0.29) is 11.2 Å². The largest absolute Gasteiger partial charge is 0.288 e. The average Bonchev–Trinajstić information content (AvgIpc) is 2.77. The van der Waals surface area contributed by atoms with Gasteiger partial charge in [-0.25, -0.2) is 0 Å². The summed E-state index contributed by atoms with van der Waals surface area (Å²) in [4.78, 5) is 13.0. The number of aromatic nitrogens is 2. The predicted octanol–water partition coefficient (Wildman–Crippen LogP) is 3.72. The van der Waals surface area contributed by atoms with Gasteiger partial charge in [0.2, 0.25) is 5.78 Å². The summed E-state index contributed by atoms with van der Waals surface area (Å²) in [7, 11) is 0. The van der Waals surface area contributed by atoms with Crippen molar-refractivity contribution in [3.8, 4) is 0 Å².